The number of amides is 2. The van der Waals surface area contributed by atoms with Crippen LogP contribution in [0.25, 0.3) is 44.2 Å². The van der Waals surface area contributed by atoms with Crippen LogP contribution in [0.15, 0.2) is 60.8 Å². The van der Waals surface area contributed by atoms with E-state index in [1.54, 1.807) is 11.9 Å². The van der Waals surface area contributed by atoms with E-state index in [1.807, 2.05) is 75.4 Å². The number of carbonyl (C=O) groups excluding carboxylic acids is 2. The van der Waals surface area contributed by atoms with Crippen molar-refractivity contribution in [2.75, 3.05) is 20.1 Å². The highest BCUT2D eigenvalue weighted by Crippen LogP contribution is 2.30. The van der Waals surface area contributed by atoms with E-state index in [0.29, 0.717) is 13.1 Å². The lowest BCUT2D eigenvalue weighted by Gasteiger charge is -2.24. The Kier molecular flexibility index (Phi) is 15.9. The summed E-state index contributed by atoms with van der Waals surface area (Å²) in [5.41, 5.74) is 5.34. The Hall–Kier alpha value is -4.86. The molecule has 0 saturated carbocycles. The molecule has 0 fully saturated rings. The summed E-state index contributed by atoms with van der Waals surface area (Å²) in [6, 6.07) is 19.4. The van der Waals surface area contributed by atoms with Crippen LogP contribution in [-0.4, -0.2) is 68.4 Å². The largest absolute Gasteiger partial charge is 0.444 e. The van der Waals surface area contributed by atoms with E-state index in [4.69, 9.17) is 14.5 Å². The molecule has 0 aliphatic heterocycles. The van der Waals surface area contributed by atoms with Gasteiger partial charge in [0.15, 0.2) is 0 Å². The smallest absolute Gasteiger partial charge is 0.410 e. The highest BCUT2D eigenvalue weighted by atomic mass is 16.6. The van der Waals surface area contributed by atoms with Gasteiger partial charge < -0.3 is 29.7 Å². The molecule has 5 aromatic rings. The lowest BCUT2D eigenvalue weighted by molar-refractivity contribution is 0.0296. The summed E-state index contributed by atoms with van der Waals surface area (Å²) < 4.78 is 10.7. The van der Waals surface area contributed by atoms with Crippen LogP contribution in [0.5, 0.6) is 0 Å². The first-order chi connectivity index (χ1) is 25.2. The Labute approximate surface area is 316 Å². The molecular weight excluding hydrogens is 665 g/mol. The number of nitrogens with one attached hydrogen (secondary N) is 3. The van der Waals surface area contributed by atoms with Gasteiger partial charge in [-0.1, -0.05) is 58.0 Å². The van der Waals surface area contributed by atoms with E-state index in [1.165, 1.54) is 5.39 Å². The van der Waals surface area contributed by atoms with Crippen LogP contribution in [0.1, 0.15) is 107 Å². The summed E-state index contributed by atoms with van der Waals surface area (Å²) in [6.07, 6.45) is 6.38. The van der Waals surface area contributed by atoms with E-state index < -0.39 is 11.2 Å². The van der Waals surface area contributed by atoms with Crippen LogP contribution < -0.4 is 5.32 Å². The van der Waals surface area contributed by atoms with Crippen molar-refractivity contribution >= 4 is 34.0 Å². The van der Waals surface area contributed by atoms with E-state index >= 15 is 0 Å². The van der Waals surface area contributed by atoms with Crippen molar-refractivity contribution in [3.63, 3.8) is 0 Å². The fourth-order valence-electron chi connectivity index (χ4n) is 5.58. The molecule has 3 N–H and O–H groups in total. The number of aromatic amines is 2. The van der Waals surface area contributed by atoms with Gasteiger partial charge in [-0.15, -0.1) is 0 Å². The third-order valence-electron chi connectivity index (χ3n) is 8.01. The SMILES string of the molecule is CC.CC.CN(CCCCc1nc2ccc(-c3ccc4cc(-c5cnc(CCCCNC(=O)OC(C)(C)C)[nH]5)ccc4c3)cc2[nH]1)C(=O)OC(C)(C)C. The van der Waals surface area contributed by atoms with Gasteiger partial charge in [-0.3, -0.25) is 0 Å². The molecule has 2 amide bonds. The predicted octanol–water partition coefficient (Wildman–Crippen LogP) is 10.9. The topological polar surface area (TPSA) is 125 Å². The van der Waals surface area contributed by atoms with E-state index in [-0.39, 0.29) is 12.2 Å². The highest BCUT2D eigenvalue weighted by molar-refractivity contribution is 5.91. The summed E-state index contributed by atoms with van der Waals surface area (Å²) in [4.78, 5) is 42.0. The van der Waals surface area contributed by atoms with Crippen LogP contribution in [0.4, 0.5) is 9.59 Å². The Morgan fingerprint density at radius 1 is 0.717 bits per heavy atom. The second-order valence-electron chi connectivity index (χ2n) is 14.7. The third kappa shape index (κ3) is 13.6. The molecule has 10 nitrogen and oxygen atoms in total. The molecular formula is C43H62N6O4. The molecule has 2 aromatic heterocycles. The number of aromatic nitrogens is 4. The van der Waals surface area contributed by atoms with Gasteiger partial charge >= 0.3 is 12.2 Å². The van der Waals surface area contributed by atoms with Gasteiger partial charge in [-0.05, 0) is 113 Å². The minimum absolute atomic E-state index is 0.291. The maximum absolute atomic E-state index is 12.2. The molecule has 5 rings (SSSR count). The first kappa shape index (κ1) is 42.6. The molecule has 53 heavy (non-hydrogen) atoms. The van der Waals surface area contributed by atoms with Gasteiger partial charge in [0.05, 0.1) is 22.9 Å². The van der Waals surface area contributed by atoms with Crippen molar-refractivity contribution < 1.29 is 19.1 Å². The third-order valence-corrected chi connectivity index (χ3v) is 8.01. The second kappa shape index (κ2) is 19.8. The number of H-pyrrole nitrogens is 2. The Morgan fingerprint density at radius 2 is 1.30 bits per heavy atom. The van der Waals surface area contributed by atoms with Crippen molar-refractivity contribution in [2.24, 2.45) is 0 Å². The van der Waals surface area contributed by atoms with Crippen molar-refractivity contribution in [3.8, 4) is 22.4 Å². The zero-order valence-corrected chi connectivity index (χ0v) is 33.9. The molecule has 3 aromatic carbocycles. The molecule has 0 spiro atoms. The zero-order chi connectivity index (χ0) is 39.2. The molecule has 0 atom stereocenters. The molecule has 0 saturated heterocycles. The number of unbranched alkanes of at least 4 members (excludes halogenated alkanes) is 2. The van der Waals surface area contributed by atoms with Gasteiger partial charge in [0, 0.05) is 38.5 Å². The van der Waals surface area contributed by atoms with Crippen molar-refractivity contribution in [1.29, 1.82) is 0 Å². The summed E-state index contributed by atoms with van der Waals surface area (Å²) >= 11 is 0. The fourth-order valence-corrected chi connectivity index (χ4v) is 5.58. The molecule has 0 radical (unpaired) electrons. The molecule has 0 bridgehead atoms. The maximum atomic E-state index is 12.2. The lowest BCUT2D eigenvalue weighted by atomic mass is 9.99. The number of hydrogen-bond donors (Lipinski definition) is 3. The van der Waals surface area contributed by atoms with Crippen LogP contribution in [0.3, 0.4) is 0 Å². The van der Waals surface area contributed by atoms with E-state index in [0.717, 1.165) is 89.0 Å². The second-order valence-corrected chi connectivity index (χ2v) is 14.7. The number of ether oxygens (including phenoxy) is 2. The zero-order valence-electron chi connectivity index (χ0n) is 33.9. The van der Waals surface area contributed by atoms with Gasteiger partial charge in [-0.2, -0.15) is 0 Å². The Morgan fingerprint density at radius 3 is 1.98 bits per heavy atom. The summed E-state index contributed by atoms with van der Waals surface area (Å²) in [5, 5.41) is 5.13. The van der Waals surface area contributed by atoms with E-state index in [9.17, 15) is 9.59 Å². The van der Waals surface area contributed by atoms with Crippen molar-refractivity contribution in [3.05, 3.63) is 72.4 Å². The normalized spacial score (nSPS) is 11.3. The highest BCUT2D eigenvalue weighted by Gasteiger charge is 2.19. The first-order valence-corrected chi connectivity index (χ1v) is 19.2. The van der Waals surface area contributed by atoms with Crippen LogP contribution >= 0.6 is 0 Å². The monoisotopic (exact) mass is 726 g/mol. The standard InChI is InChI=1S/C39H50N6O4.2C2H6/c1-38(2,3)48-36(46)40-20-10-8-12-34-41-25-33(44-34)30-17-16-26-22-27(14-15-28(26)23-30)29-18-19-31-32(24-29)43-35(42-31)13-9-11-21-45(7)37(47)49-39(4,5)6;2*1-2/h14-19,22-25H,8-13,20-21H2,1-7H3,(H,40,46)(H,41,44)(H,42,43);2*1-2H3. The number of hydrogen-bond acceptors (Lipinski definition) is 6. The van der Waals surface area contributed by atoms with Gasteiger partial charge in [0.1, 0.15) is 22.9 Å². The van der Waals surface area contributed by atoms with Crippen LogP contribution in [0.2, 0.25) is 0 Å². The maximum Gasteiger partial charge on any atom is 0.410 e. The lowest BCUT2D eigenvalue weighted by Crippen LogP contribution is -2.34. The van der Waals surface area contributed by atoms with Crippen molar-refractivity contribution in [2.45, 2.75) is 119 Å². The number of rotatable bonds is 12. The molecule has 0 aliphatic rings. The predicted molar refractivity (Wildman–Crippen MR) is 218 cm³/mol. The fraction of sp³-hybridized carbons (Fsp3) is 0.488. The number of nitrogens with zero attached hydrogens (tertiary/aromatic N) is 3. The van der Waals surface area contributed by atoms with Crippen LogP contribution in [0, 0.1) is 0 Å². The van der Waals surface area contributed by atoms with E-state index in [2.05, 4.69) is 74.9 Å². The average Bonchev–Trinajstić information content (AvgIpc) is 3.76. The number of alkyl carbamates (subject to hydrolysis) is 1. The number of aryl methyl sites for hydroxylation is 2. The number of benzene rings is 3. The van der Waals surface area contributed by atoms with Crippen molar-refractivity contribution in [1.82, 2.24) is 30.2 Å². The number of imidazole rings is 2. The molecule has 10 heteroatoms. The minimum Gasteiger partial charge on any atom is -0.444 e. The summed E-state index contributed by atoms with van der Waals surface area (Å²) in [7, 11) is 1.78. The average molecular weight is 727 g/mol. The first-order valence-electron chi connectivity index (χ1n) is 19.2. The van der Waals surface area contributed by atoms with Crippen LogP contribution in [-0.2, 0) is 22.3 Å². The van der Waals surface area contributed by atoms with Gasteiger partial charge in [-0.25, -0.2) is 19.6 Å². The molecule has 0 unspecified atom stereocenters. The Bertz CT molecular complexity index is 1900. The van der Waals surface area contributed by atoms with Gasteiger partial charge in [0.25, 0.3) is 0 Å². The summed E-state index contributed by atoms with van der Waals surface area (Å²) in [5.74, 6) is 1.89. The number of fused-ring (bicyclic) bond motifs is 2. The quantitative estimate of drug-likeness (QED) is 0.110. The Balaban J connectivity index is 0.00000183. The molecule has 288 valence electrons. The minimum atomic E-state index is -0.492. The molecule has 0 aliphatic carbocycles. The number of carbonyl (C=O) groups is 2. The molecule has 2 heterocycles. The summed E-state index contributed by atoms with van der Waals surface area (Å²) in [6.45, 7) is 20.4. The van der Waals surface area contributed by atoms with Gasteiger partial charge in [0.2, 0.25) is 0 Å².